The molecule has 0 aliphatic heterocycles. The quantitative estimate of drug-likeness (QED) is 0.790. The van der Waals surface area contributed by atoms with Crippen LogP contribution in [0.2, 0.25) is 0 Å². The third-order valence-corrected chi connectivity index (χ3v) is 2.30. The van der Waals surface area contributed by atoms with Gasteiger partial charge in [0, 0.05) is 30.6 Å². The van der Waals surface area contributed by atoms with E-state index in [1.165, 1.54) is 0 Å². The van der Waals surface area contributed by atoms with E-state index >= 15 is 0 Å². The molecule has 0 unspecified atom stereocenters. The van der Waals surface area contributed by atoms with E-state index in [0.29, 0.717) is 12.0 Å². The molecule has 0 saturated heterocycles. The first kappa shape index (κ1) is 10.5. The Morgan fingerprint density at radius 3 is 2.62 bits per heavy atom. The lowest BCUT2D eigenvalue weighted by Gasteiger charge is -2.06. The molecule has 82 valence electrons. The first-order valence-electron chi connectivity index (χ1n) is 4.79. The molecule has 2 aromatic rings. The van der Waals surface area contributed by atoms with Crippen molar-refractivity contribution in [2.45, 2.75) is 6.42 Å². The summed E-state index contributed by atoms with van der Waals surface area (Å²) in [5, 5.41) is 0. The molecule has 0 fully saturated rings. The summed E-state index contributed by atoms with van der Waals surface area (Å²) in [6.45, 7) is 0. The van der Waals surface area contributed by atoms with Gasteiger partial charge < -0.3 is 5.73 Å². The maximum atomic E-state index is 13.0. The fourth-order valence-electron chi connectivity index (χ4n) is 1.48. The van der Waals surface area contributed by atoms with Crippen molar-refractivity contribution in [1.82, 2.24) is 4.98 Å². The minimum atomic E-state index is -0.924. The lowest BCUT2D eigenvalue weighted by Crippen LogP contribution is -1.99. The van der Waals surface area contributed by atoms with Gasteiger partial charge in [0.2, 0.25) is 0 Å². The summed E-state index contributed by atoms with van der Waals surface area (Å²) in [7, 11) is 0. The molecule has 0 spiro atoms. The predicted molar refractivity (Wildman–Crippen MR) is 57.8 cm³/mol. The zero-order valence-electron chi connectivity index (χ0n) is 8.45. The Balaban J connectivity index is 2.32. The summed E-state index contributed by atoms with van der Waals surface area (Å²) in [5.41, 5.74) is 7.33. The van der Waals surface area contributed by atoms with E-state index in [2.05, 4.69) is 4.98 Å². The summed E-state index contributed by atoms with van der Waals surface area (Å²) in [5.74, 6) is -1.81. The van der Waals surface area contributed by atoms with Gasteiger partial charge >= 0.3 is 0 Å². The minimum absolute atomic E-state index is 0.253. The molecular formula is C12H10F2N2. The largest absolute Gasteiger partial charge is 0.398 e. The second-order valence-electron chi connectivity index (χ2n) is 3.50. The average Bonchev–Trinajstić information content (AvgIpc) is 2.27. The fourth-order valence-corrected chi connectivity index (χ4v) is 1.48. The number of aromatic nitrogens is 1. The van der Waals surface area contributed by atoms with Crippen molar-refractivity contribution in [2.24, 2.45) is 0 Å². The van der Waals surface area contributed by atoms with Gasteiger partial charge in [0.1, 0.15) is 0 Å². The molecule has 2 rings (SSSR count). The van der Waals surface area contributed by atoms with Crippen molar-refractivity contribution in [2.75, 3.05) is 5.73 Å². The maximum absolute atomic E-state index is 13.0. The normalized spacial score (nSPS) is 10.4. The number of nitrogens with zero attached hydrogens (tertiary/aromatic N) is 1. The standard InChI is InChI=1S/C12H10F2N2/c13-10-5-9(12(15)6-11(10)14)4-8-2-1-3-16-7-8/h1-3,5-7H,4,15H2. The maximum Gasteiger partial charge on any atom is 0.160 e. The molecule has 0 bridgehead atoms. The smallest absolute Gasteiger partial charge is 0.160 e. The molecule has 1 aromatic carbocycles. The number of halogens is 2. The van der Waals surface area contributed by atoms with Gasteiger partial charge in [-0.1, -0.05) is 6.07 Å². The Labute approximate surface area is 91.7 Å². The number of rotatable bonds is 2. The highest BCUT2D eigenvalue weighted by molar-refractivity contribution is 5.49. The fraction of sp³-hybridized carbons (Fsp3) is 0.0833. The molecule has 0 amide bonds. The zero-order chi connectivity index (χ0) is 11.5. The van der Waals surface area contributed by atoms with Crippen LogP contribution in [0.5, 0.6) is 0 Å². The van der Waals surface area contributed by atoms with Crippen molar-refractivity contribution in [3.63, 3.8) is 0 Å². The highest BCUT2D eigenvalue weighted by atomic mass is 19.2. The summed E-state index contributed by atoms with van der Waals surface area (Å²) in [6, 6.07) is 5.76. The van der Waals surface area contributed by atoms with Crippen molar-refractivity contribution in [3.8, 4) is 0 Å². The molecule has 2 nitrogen and oxygen atoms in total. The molecule has 1 aromatic heterocycles. The van der Waals surface area contributed by atoms with Crippen LogP contribution in [0.25, 0.3) is 0 Å². The monoisotopic (exact) mass is 220 g/mol. The van der Waals surface area contributed by atoms with Crippen molar-refractivity contribution in [1.29, 1.82) is 0 Å². The molecule has 2 N–H and O–H groups in total. The van der Waals surface area contributed by atoms with Gasteiger partial charge in [0.25, 0.3) is 0 Å². The molecule has 0 aliphatic rings. The van der Waals surface area contributed by atoms with Crippen LogP contribution in [0.4, 0.5) is 14.5 Å². The molecule has 0 radical (unpaired) electrons. The highest BCUT2D eigenvalue weighted by Crippen LogP contribution is 2.19. The van der Waals surface area contributed by atoms with Crippen LogP contribution in [0.1, 0.15) is 11.1 Å². The molecule has 16 heavy (non-hydrogen) atoms. The summed E-state index contributed by atoms with van der Waals surface area (Å²) in [6.07, 6.45) is 3.76. The van der Waals surface area contributed by atoms with Gasteiger partial charge in [-0.2, -0.15) is 0 Å². The second kappa shape index (κ2) is 4.26. The van der Waals surface area contributed by atoms with Gasteiger partial charge in [0.15, 0.2) is 11.6 Å². The first-order chi connectivity index (χ1) is 7.66. The summed E-state index contributed by atoms with van der Waals surface area (Å²) < 4.78 is 25.8. The Hall–Kier alpha value is -1.97. The van der Waals surface area contributed by atoms with E-state index in [-0.39, 0.29) is 5.69 Å². The molecule has 4 heteroatoms. The SMILES string of the molecule is Nc1cc(F)c(F)cc1Cc1cccnc1. The van der Waals surface area contributed by atoms with Crippen LogP contribution in [0.3, 0.4) is 0 Å². The summed E-state index contributed by atoms with van der Waals surface area (Å²) >= 11 is 0. The first-order valence-corrected chi connectivity index (χ1v) is 4.79. The molecule has 0 saturated carbocycles. The van der Waals surface area contributed by atoms with E-state index in [1.54, 1.807) is 18.5 Å². The van der Waals surface area contributed by atoms with Crippen molar-refractivity contribution in [3.05, 3.63) is 59.4 Å². The minimum Gasteiger partial charge on any atom is -0.398 e. The Morgan fingerprint density at radius 1 is 1.19 bits per heavy atom. The third-order valence-electron chi connectivity index (χ3n) is 2.30. The summed E-state index contributed by atoms with van der Waals surface area (Å²) in [4.78, 5) is 3.94. The lowest BCUT2D eigenvalue weighted by atomic mass is 10.0. The molecule has 0 atom stereocenters. The number of nitrogens with two attached hydrogens (primary N) is 1. The Kier molecular flexibility index (Phi) is 2.81. The molecule has 1 heterocycles. The number of benzene rings is 1. The highest BCUT2D eigenvalue weighted by Gasteiger charge is 2.08. The van der Waals surface area contributed by atoms with E-state index in [9.17, 15) is 8.78 Å². The van der Waals surface area contributed by atoms with Crippen LogP contribution in [-0.4, -0.2) is 4.98 Å². The van der Waals surface area contributed by atoms with Crippen LogP contribution in [0.15, 0.2) is 36.7 Å². The zero-order valence-corrected chi connectivity index (χ0v) is 8.45. The van der Waals surface area contributed by atoms with E-state index < -0.39 is 11.6 Å². The Bertz CT molecular complexity index is 498. The van der Waals surface area contributed by atoms with E-state index in [4.69, 9.17) is 5.73 Å². The van der Waals surface area contributed by atoms with Crippen molar-refractivity contribution < 1.29 is 8.78 Å². The van der Waals surface area contributed by atoms with Gasteiger partial charge in [-0.3, -0.25) is 4.98 Å². The lowest BCUT2D eigenvalue weighted by molar-refractivity contribution is 0.508. The second-order valence-corrected chi connectivity index (χ2v) is 3.50. The number of hydrogen-bond acceptors (Lipinski definition) is 2. The van der Waals surface area contributed by atoms with Gasteiger partial charge in [-0.25, -0.2) is 8.78 Å². The van der Waals surface area contributed by atoms with E-state index in [0.717, 1.165) is 17.7 Å². The van der Waals surface area contributed by atoms with E-state index in [1.807, 2.05) is 6.07 Å². The van der Waals surface area contributed by atoms with Gasteiger partial charge in [0.05, 0.1) is 0 Å². The van der Waals surface area contributed by atoms with Crippen LogP contribution < -0.4 is 5.73 Å². The number of nitrogen functional groups attached to an aromatic ring is 1. The molecular weight excluding hydrogens is 210 g/mol. The number of pyridine rings is 1. The van der Waals surface area contributed by atoms with Crippen LogP contribution in [0, 0.1) is 11.6 Å². The topological polar surface area (TPSA) is 38.9 Å². The van der Waals surface area contributed by atoms with Gasteiger partial charge in [-0.05, 0) is 23.3 Å². The number of anilines is 1. The number of hydrogen-bond donors (Lipinski definition) is 1. The van der Waals surface area contributed by atoms with Crippen LogP contribution >= 0.6 is 0 Å². The van der Waals surface area contributed by atoms with Crippen LogP contribution in [-0.2, 0) is 6.42 Å². The average molecular weight is 220 g/mol. The predicted octanol–water partition coefficient (Wildman–Crippen LogP) is 2.53. The third kappa shape index (κ3) is 2.16. The van der Waals surface area contributed by atoms with Crippen molar-refractivity contribution >= 4 is 5.69 Å². The molecule has 0 aliphatic carbocycles. The Morgan fingerprint density at radius 2 is 1.94 bits per heavy atom. The van der Waals surface area contributed by atoms with Gasteiger partial charge in [-0.15, -0.1) is 0 Å².